The van der Waals surface area contributed by atoms with Gasteiger partial charge in [0.2, 0.25) is 0 Å². The van der Waals surface area contributed by atoms with Gasteiger partial charge in [0.25, 0.3) is 0 Å². The van der Waals surface area contributed by atoms with Gasteiger partial charge in [-0.3, -0.25) is 0 Å². The van der Waals surface area contributed by atoms with Crippen molar-refractivity contribution in [1.82, 2.24) is 10.6 Å². The predicted octanol–water partition coefficient (Wildman–Crippen LogP) is -1.08. The van der Waals surface area contributed by atoms with E-state index >= 15 is 0 Å². The van der Waals surface area contributed by atoms with Crippen molar-refractivity contribution in [2.75, 3.05) is 33.4 Å². The first-order chi connectivity index (χ1) is 5.31. The molecule has 5 heteroatoms. The van der Waals surface area contributed by atoms with Gasteiger partial charge < -0.3 is 20.5 Å². The highest BCUT2D eigenvalue weighted by molar-refractivity contribution is 5.73. The Labute approximate surface area is 65.7 Å². The Morgan fingerprint density at radius 1 is 1.45 bits per heavy atom. The number of ether oxygens (including phenoxy) is 1. The van der Waals surface area contributed by atoms with Gasteiger partial charge in [-0.25, -0.2) is 4.79 Å². The van der Waals surface area contributed by atoms with Crippen molar-refractivity contribution >= 4 is 6.03 Å². The molecule has 0 aliphatic rings. The number of aliphatic hydroxyl groups is 1. The van der Waals surface area contributed by atoms with Crippen molar-refractivity contribution in [2.24, 2.45) is 0 Å². The SMILES string of the molecule is COCCNC(=O)NCCO. The molecule has 0 heterocycles. The Kier molecular flexibility index (Phi) is 6.76. The number of carbonyl (C=O) groups is 1. The second-order valence-electron chi connectivity index (χ2n) is 1.90. The van der Waals surface area contributed by atoms with Crippen molar-refractivity contribution in [3.63, 3.8) is 0 Å². The molecule has 0 aromatic carbocycles. The lowest BCUT2D eigenvalue weighted by Crippen LogP contribution is -2.38. The van der Waals surface area contributed by atoms with Crippen LogP contribution in [0.2, 0.25) is 0 Å². The van der Waals surface area contributed by atoms with E-state index in [1.165, 1.54) is 0 Å². The molecule has 0 bridgehead atoms. The average molecular weight is 162 g/mol. The molecule has 0 aromatic heterocycles. The van der Waals surface area contributed by atoms with E-state index in [0.29, 0.717) is 13.2 Å². The normalized spacial score (nSPS) is 9.27. The minimum Gasteiger partial charge on any atom is -0.395 e. The number of methoxy groups -OCH3 is 1. The molecule has 0 saturated heterocycles. The summed E-state index contributed by atoms with van der Waals surface area (Å²) < 4.78 is 4.70. The molecule has 0 aromatic rings. The molecule has 66 valence electrons. The molecule has 5 nitrogen and oxygen atoms in total. The Balaban J connectivity index is 3.09. The van der Waals surface area contributed by atoms with Crippen LogP contribution >= 0.6 is 0 Å². The fourth-order valence-corrected chi connectivity index (χ4v) is 0.499. The molecule has 0 unspecified atom stereocenters. The number of rotatable bonds is 5. The zero-order valence-electron chi connectivity index (χ0n) is 6.59. The van der Waals surface area contributed by atoms with Crippen LogP contribution < -0.4 is 10.6 Å². The molecule has 0 spiro atoms. The van der Waals surface area contributed by atoms with E-state index in [-0.39, 0.29) is 19.2 Å². The molecule has 0 aliphatic heterocycles. The molecule has 0 aliphatic carbocycles. The molecular weight excluding hydrogens is 148 g/mol. The summed E-state index contributed by atoms with van der Waals surface area (Å²) in [5.41, 5.74) is 0. The number of nitrogens with one attached hydrogen (secondary N) is 2. The first-order valence-corrected chi connectivity index (χ1v) is 3.42. The van der Waals surface area contributed by atoms with E-state index in [9.17, 15) is 4.79 Å². The summed E-state index contributed by atoms with van der Waals surface area (Å²) in [4.78, 5) is 10.7. The van der Waals surface area contributed by atoms with Crippen LogP contribution in [-0.4, -0.2) is 44.6 Å². The minimum absolute atomic E-state index is 0.0440. The molecule has 0 atom stereocenters. The van der Waals surface area contributed by atoms with Gasteiger partial charge in [-0.15, -0.1) is 0 Å². The third-order valence-corrected chi connectivity index (χ3v) is 0.989. The van der Waals surface area contributed by atoms with E-state index in [1.807, 2.05) is 0 Å². The van der Waals surface area contributed by atoms with Crippen molar-refractivity contribution in [1.29, 1.82) is 0 Å². The van der Waals surface area contributed by atoms with Crippen LogP contribution in [0.3, 0.4) is 0 Å². The molecule has 0 rings (SSSR count). The highest BCUT2D eigenvalue weighted by Gasteiger charge is 1.95. The van der Waals surface area contributed by atoms with E-state index in [1.54, 1.807) is 7.11 Å². The smallest absolute Gasteiger partial charge is 0.314 e. The molecule has 2 amide bonds. The lowest BCUT2D eigenvalue weighted by molar-refractivity contribution is 0.195. The number of carbonyl (C=O) groups excluding carboxylic acids is 1. The van der Waals surface area contributed by atoms with Crippen molar-refractivity contribution in [3.05, 3.63) is 0 Å². The van der Waals surface area contributed by atoms with Crippen molar-refractivity contribution in [2.45, 2.75) is 0 Å². The third kappa shape index (κ3) is 7.08. The summed E-state index contributed by atoms with van der Waals surface area (Å²) in [6.07, 6.45) is 0. The van der Waals surface area contributed by atoms with Crippen molar-refractivity contribution < 1.29 is 14.6 Å². The molecule has 0 saturated carbocycles. The highest BCUT2D eigenvalue weighted by atomic mass is 16.5. The van der Waals surface area contributed by atoms with E-state index in [2.05, 4.69) is 10.6 Å². The molecular formula is C6H14N2O3. The fraction of sp³-hybridized carbons (Fsp3) is 0.833. The summed E-state index contributed by atoms with van der Waals surface area (Å²) in [5.74, 6) is 0. The van der Waals surface area contributed by atoms with Crippen LogP contribution in [-0.2, 0) is 4.74 Å². The van der Waals surface area contributed by atoms with Gasteiger partial charge in [-0.2, -0.15) is 0 Å². The molecule has 0 radical (unpaired) electrons. The summed E-state index contributed by atoms with van der Waals surface area (Å²) in [5, 5.41) is 13.3. The van der Waals surface area contributed by atoms with Gasteiger partial charge in [-0.05, 0) is 0 Å². The maximum absolute atomic E-state index is 10.7. The average Bonchev–Trinajstić information content (AvgIpc) is 2.01. The summed E-state index contributed by atoms with van der Waals surface area (Å²) in [6.45, 7) is 1.21. The predicted molar refractivity (Wildman–Crippen MR) is 40.4 cm³/mol. The van der Waals surface area contributed by atoms with Crippen LogP contribution in [0.25, 0.3) is 0 Å². The Morgan fingerprint density at radius 3 is 2.64 bits per heavy atom. The van der Waals surface area contributed by atoms with E-state index in [4.69, 9.17) is 9.84 Å². The van der Waals surface area contributed by atoms with Gasteiger partial charge in [0, 0.05) is 20.2 Å². The Bertz CT molecular complexity index is 108. The summed E-state index contributed by atoms with van der Waals surface area (Å²) >= 11 is 0. The van der Waals surface area contributed by atoms with Gasteiger partial charge in [0.1, 0.15) is 0 Å². The molecule has 3 N–H and O–H groups in total. The number of aliphatic hydroxyl groups excluding tert-OH is 1. The Morgan fingerprint density at radius 2 is 2.09 bits per heavy atom. The Hall–Kier alpha value is -0.810. The van der Waals surface area contributed by atoms with Gasteiger partial charge in [0.15, 0.2) is 0 Å². The van der Waals surface area contributed by atoms with Gasteiger partial charge in [0.05, 0.1) is 13.2 Å². The zero-order valence-corrected chi connectivity index (χ0v) is 6.59. The second kappa shape index (κ2) is 7.30. The molecule has 0 fully saturated rings. The second-order valence-corrected chi connectivity index (χ2v) is 1.90. The lowest BCUT2D eigenvalue weighted by Gasteiger charge is -2.04. The van der Waals surface area contributed by atoms with Crippen LogP contribution in [0, 0.1) is 0 Å². The zero-order chi connectivity index (χ0) is 8.53. The first kappa shape index (κ1) is 10.2. The van der Waals surface area contributed by atoms with Crippen molar-refractivity contribution in [3.8, 4) is 0 Å². The first-order valence-electron chi connectivity index (χ1n) is 3.42. The monoisotopic (exact) mass is 162 g/mol. The topological polar surface area (TPSA) is 70.6 Å². The van der Waals surface area contributed by atoms with Crippen LogP contribution in [0.4, 0.5) is 4.79 Å². The third-order valence-electron chi connectivity index (χ3n) is 0.989. The van der Waals surface area contributed by atoms with Crippen LogP contribution in [0.15, 0.2) is 0 Å². The summed E-state index contributed by atoms with van der Waals surface area (Å²) in [6, 6.07) is -0.281. The van der Waals surface area contributed by atoms with Gasteiger partial charge in [-0.1, -0.05) is 0 Å². The largest absolute Gasteiger partial charge is 0.395 e. The van der Waals surface area contributed by atoms with E-state index in [0.717, 1.165) is 0 Å². The van der Waals surface area contributed by atoms with Crippen LogP contribution in [0.5, 0.6) is 0 Å². The number of hydrogen-bond acceptors (Lipinski definition) is 3. The quantitative estimate of drug-likeness (QED) is 0.450. The fourth-order valence-electron chi connectivity index (χ4n) is 0.499. The number of amides is 2. The number of hydrogen-bond donors (Lipinski definition) is 3. The number of urea groups is 1. The maximum Gasteiger partial charge on any atom is 0.314 e. The lowest BCUT2D eigenvalue weighted by atomic mass is 10.6. The molecule has 11 heavy (non-hydrogen) atoms. The highest BCUT2D eigenvalue weighted by Crippen LogP contribution is 1.66. The minimum atomic E-state index is -0.281. The van der Waals surface area contributed by atoms with Gasteiger partial charge >= 0.3 is 6.03 Å². The van der Waals surface area contributed by atoms with Crippen LogP contribution in [0.1, 0.15) is 0 Å². The van der Waals surface area contributed by atoms with E-state index < -0.39 is 0 Å². The maximum atomic E-state index is 10.7. The standard InChI is InChI=1S/C6H14N2O3/c1-11-5-3-8-6(10)7-2-4-9/h9H,2-5H2,1H3,(H2,7,8,10). The summed E-state index contributed by atoms with van der Waals surface area (Å²) in [7, 11) is 1.56.